The fraction of sp³-hybridized carbons (Fsp3) is 0.941. The van der Waals surface area contributed by atoms with Crippen LogP contribution in [0.1, 0.15) is 64.2 Å². The number of Topliss-reactive ketones (excluding diaryl/α,β-unsaturated/α-hetero) is 1. The zero-order chi connectivity index (χ0) is 12.1. The fourth-order valence-electron chi connectivity index (χ4n) is 6.24. The molecule has 0 aromatic rings. The molecule has 0 aliphatic heterocycles. The molecule has 0 N–H and O–H groups in total. The highest BCUT2D eigenvalue weighted by atomic mass is 16.1. The Balaban J connectivity index is 1.57. The monoisotopic (exact) mass is 246 g/mol. The molecular formula is C17H26O. The van der Waals surface area contributed by atoms with Crippen molar-refractivity contribution in [3.8, 4) is 0 Å². The number of carbonyl (C=O) groups excluding carboxylic acids is 1. The van der Waals surface area contributed by atoms with Crippen LogP contribution < -0.4 is 0 Å². The lowest BCUT2D eigenvalue weighted by molar-refractivity contribution is -0.126. The predicted octanol–water partition coefficient (Wildman–Crippen LogP) is 4.21. The van der Waals surface area contributed by atoms with Crippen LogP contribution in [-0.2, 0) is 4.79 Å². The quantitative estimate of drug-likeness (QED) is 0.626. The van der Waals surface area contributed by atoms with Crippen molar-refractivity contribution in [2.24, 2.45) is 35.5 Å². The van der Waals surface area contributed by atoms with Gasteiger partial charge in [-0.1, -0.05) is 12.8 Å². The van der Waals surface area contributed by atoms with Gasteiger partial charge in [0.2, 0.25) is 0 Å². The van der Waals surface area contributed by atoms with Gasteiger partial charge in [-0.3, -0.25) is 4.79 Å². The van der Waals surface area contributed by atoms with E-state index in [2.05, 4.69) is 0 Å². The van der Waals surface area contributed by atoms with Gasteiger partial charge in [0.1, 0.15) is 5.78 Å². The molecule has 4 aliphatic rings. The molecule has 6 atom stereocenters. The fourth-order valence-corrected chi connectivity index (χ4v) is 6.24. The molecule has 0 aromatic heterocycles. The third kappa shape index (κ3) is 1.69. The van der Waals surface area contributed by atoms with Crippen molar-refractivity contribution >= 4 is 5.78 Å². The van der Waals surface area contributed by atoms with Gasteiger partial charge in [0.25, 0.3) is 0 Å². The van der Waals surface area contributed by atoms with Crippen molar-refractivity contribution in [1.29, 1.82) is 0 Å². The van der Waals surface area contributed by atoms with Crippen molar-refractivity contribution in [3.63, 3.8) is 0 Å². The van der Waals surface area contributed by atoms with Crippen LogP contribution >= 0.6 is 0 Å². The Bertz CT molecular complexity index is 348. The van der Waals surface area contributed by atoms with E-state index in [1.807, 2.05) is 0 Å². The Morgan fingerprint density at radius 2 is 1.39 bits per heavy atom. The summed E-state index contributed by atoms with van der Waals surface area (Å²) in [7, 11) is 0. The van der Waals surface area contributed by atoms with E-state index in [1.165, 1.54) is 51.4 Å². The van der Waals surface area contributed by atoms with E-state index in [9.17, 15) is 4.79 Å². The second-order valence-corrected chi connectivity index (χ2v) is 7.54. The Hall–Kier alpha value is -0.330. The molecule has 0 amide bonds. The van der Waals surface area contributed by atoms with Crippen LogP contribution in [0.5, 0.6) is 0 Å². The standard InChI is InChI=1S/C17H26O/c18-13-7-4-12-6-8-15-14-3-1-2-11(14)5-9-16(15)17(12)10-13/h11-12,14-17H,1-10H2. The summed E-state index contributed by atoms with van der Waals surface area (Å²) in [6.07, 6.45) is 13.5. The van der Waals surface area contributed by atoms with Gasteiger partial charge in [0.05, 0.1) is 0 Å². The van der Waals surface area contributed by atoms with Crippen molar-refractivity contribution in [1.82, 2.24) is 0 Å². The molecule has 4 aliphatic carbocycles. The van der Waals surface area contributed by atoms with Gasteiger partial charge in [-0.25, -0.2) is 0 Å². The molecule has 18 heavy (non-hydrogen) atoms. The van der Waals surface area contributed by atoms with E-state index in [1.54, 1.807) is 0 Å². The van der Waals surface area contributed by atoms with Crippen molar-refractivity contribution in [3.05, 3.63) is 0 Å². The first-order valence-corrected chi connectivity index (χ1v) is 8.34. The summed E-state index contributed by atoms with van der Waals surface area (Å²) in [6.45, 7) is 0. The van der Waals surface area contributed by atoms with Crippen molar-refractivity contribution in [2.45, 2.75) is 64.2 Å². The van der Waals surface area contributed by atoms with Crippen LogP contribution in [0.2, 0.25) is 0 Å². The van der Waals surface area contributed by atoms with Crippen LogP contribution in [0.15, 0.2) is 0 Å². The van der Waals surface area contributed by atoms with Gasteiger partial charge in [-0.2, -0.15) is 0 Å². The Kier molecular flexibility index (Phi) is 2.78. The third-order valence-corrected chi connectivity index (χ3v) is 6.97. The molecule has 1 heteroatoms. The van der Waals surface area contributed by atoms with E-state index in [4.69, 9.17) is 0 Å². The predicted molar refractivity (Wildman–Crippen MR) is 72.1 cm³/mol. The first kappa shape index (κ1) is 11.5. The number of hydrogen-bond acceptors (Lipinski definition) is 1. The summed E-state index contributed by atoms with van der Waals surface area (Å²) in [6, 6.07) is 0. The molecule has 0 radical (unpaired) electrons. The average Bonchev–Trinajstić information content (AvgIpc) is 2.86. The van der Waals surface area contributed by atoms with Crippen LogP contribution in [0.3, 0.4) is 0 Å². The van der Waals surface area contributed by atoms with Gasteiger partial charge in [-0.15, -0.1) is 0 Å². The SMILES string of the molecule is O=C1CCC2CCC3C4CCCC4CCC3C2C1. The summed E-state index contributed by atoms with van der Waals surface area (Å²) in [4.78, 5) is 11.8. The Labute approximate surface area is 111 Å². The Morgan fingerprint density at radius 1 is 0.667 bits per heavy atom. The minimum Gasteiger partial charge on any atom is -0.300 e. The molecule has 4 saturated carbocycles. The highest BCUT2D eigenvalue weighted by Gasteiger charge is 2.49. The Morgan fingerprint density at radius 3 is 2.22 bits per heavy atom. The van der Waals surface area contributed by atoms with Gasteiger partial charge >= 0.3 is 0 Å². The van der Waals surface area contributed by atoms with Crippen molar-refractivity contribution in [2.75, 3.05) is 0 Å². The van der Waals surface area contributed by atoms with E-state index >= 15 is 0 Å². The largest absolute Gasteiger partial charge is 0.300 e. The first-order valence-electron chi connectivity index (χ1n) is 8.34. The molecule has 0 spiro atoms. The summed E-state index contributed by atoms with van der Waals surface area (Å²) < 4.78 is 0. The smallest absolute Gasteiger partial charge is 0.133 e. The minimum atomic E-state index is 0.574. The summed E-state index contributed by atoms with van der Waals surface area (Å²) >= 11 is 0. The highest BCUT2D eigenvalue weighted by Crippen LogP contribution is 2.57. The van der Waals surface area contributed by atoms with Crippen molar-refractivity contribution < 1.29 is 4.79 Å². The van der Waals surface area contributed by atoms with Crippen LogP contribution in [0, 0.1) is 35.5 Å². The number of fused-ring (bicyclic) bond motifs is 5. The highest BCUT2D eigenvalue weighted by molar-refractivity contribution is 5.79. The summed E-state index contributed by atoms with van der Waals surface area (Å²) in [5.74, 6) is 6.37. The van der Waals surface area contributed by atoms with Crippen LogP contribution in [0.4, 0.5) is 0 Å². The zero-order valence-corrected chi connectivity index (χ0v) is 11.4. The third-order valence-electron chi connectivity index (χ3n) is 6.97. The van der Waals surface area contributed by atoms with Crippen LogP contribution in [0.25, 0.3) is 0 Å². The van der Waals surface area contributed by atoms with E-state index < -0.39 is 0 Å². The van der Waals surface area contributed by atoms with Gasteiger partial charge in [0.15, 0.2) is 0 Å². The van der Waals surface area contributed by atoms with Crippen LogP contribution in [-0.4, -0.2) is 5.78 Å². The minimum absolute atomic E-state index is 0.574. The maximum absolute atomic E-state index is 11.8. The first-order chi connectivity index (χ1) is 8.83. The number of hydrogen-bond donors (Lipinski definition) is 0. The molecular weight excluding hydrogens is 220 g/mol. The van der Waals surface area contributed by atoms with E-state index in [0.29, 0.717) is 5.78 Å². The average molecular weight is 246 g/mol. The lowest BCUT2D eigenvalue weighted by Crippen LogP contribution is -2.44. The number of carbonyl (C=O) groups is 1. The zero-order valence-electron chi connectivity index (χ0n) is 11.4. The molecule has 0 bridgehead atoms. The summed E-state index contributed by atoms with van der Waals surface area (Å²) in [5.41, 5.74) is 0. The van der Waals surface area contributed by atoms with E-state index in [-0.39, 0.29) is 0 Å². The van der Waals surface area contributed by atoms with Gasteiger partial charge < -0.3 is 0 Å². The molecule has 1 nitrogen and oxygen atoms in total. The lowest BCUT2D eigenvalue weighted by atomic mass is 9.54. The second kappa shape index (κ2) is 4.35. The topological polar surface area (TPSA) is 17.1 Å². The second-order valence-electron chi connectivity index (χ2n) is 7.54. The molecule has 4 fully saturated rings. The number of ketones is 1. The molecule has 6 unspecified atom stereocenters. The van der Waals surface area contributed by atoms with Gasteiger partial charge in [0, 0.05) is 12.8 Å². The molecule has 0 saturated heterocycles. The maximum atomic E-state index is 11.8. The normalized spacial score (nSPS) is 51.4. The van der Waals surface area contributed by atoms with E-state index in [0.717, 1.165) is 48.3 Å². The maximum Gasteiger partial charge on any atom is 0.133 e. The molecule has 0 aromatic carbocycles. The number of rotatable bonds is 0. The molecule has 0 heterocycles. The molecule has 100 valence electrons. The molecule has 4 rings (SSSR count). The van der Waals surface area contributed by atoms with Gasteiger partial charge in [-0.05, 0) is 74.0 Å². The lowest BCUT2D eigenvalue weighted by Gasteiger charge is -2.51. The summed E-state index contributed by atoms with van der Waals surface area (Å²) in [5, 5.41) is 0.